The van der Waals surface area contributed by atoms with Crippen molar-refractivity contribution >= 4 is 17.7 Å². The number of hydrogen-bond acceptors (Lipinski definition) is 4. The molecule has 0 amide bonds. The van der Waals surface area contributed by atoms with Crippen LogP contribution in [-0.2, 0) is 9.53 Å². The predicted molar refractivity (Wildman–Crippen MR) is 43.5 cm³/mol. The zero-order valence-corrected chi connectivity index (χ0v) is 7.26. The van der Waals surface area contributed by atoms with E-state index in [1.807, 2.05) is 0 Å². The van der Waals surface area contributed by atoms with Crippen LogP contribution in [0.3, 0.4) is 0 Å². The number of carbonyl (C=O) groups is 1. The average Bonchev–Trinajstić information content (AvgIpc) is 2.04. The number of rotatable bonds is 1. The van der Waals surface area contributed by atoms with E-state index in [4.69, 9.17) is 0 Å². The molecule has 0 aromatic rings. The van der Waals surface area contributed by atoms with Gasteiger partial charge in [-0.05, 0) is 12.2 Å². The molecule has 3 nitrogen and oxygen atoms in total. The highest BCUT2D eigenvalue weighted by Gasteiger charge is 2.30. The van der Waals surface area contributed by atoms with E-state index >= 15 is 0 Å². The maximum atomic E-state index is 11.0. The number of esters is 1. The Labute approximate surface area is 70.1 Å². The Balaban J connectivity index is 2.47. The third-order valence-electron chi connectivity index (χ3n) is 1.82. The smallest absolute Gasteiger partial charge is 0.312 e. The van der Waals surface area contributed by atoms with Gasteiger partial charge in [-0.25, -0.2) is 0 Å². The molecule has 11 heavy (non-hydrogen) atoms. The topological polar surface area (TPSA) is 46.5 Å². The minimum absolute atomic E-state index is 0.287. The monoisotopic (exact) mass is 176 g/mol. The van der Waals surface area contributed by atoms with E-state index in [0.29, 0.717) is 12.2 Å². The number of ether oxygens (including phenoxy) is 1. The van der Waals surface area contributed by atoms with Crippen molar-refractivity contribution in [2.24, 2.45) is 5.92 Å². The van der Waals surface area contributed by atoms with Crippen LogP contribution in [0.5, 0.6) is 0 Å². The molecule has 64 valence electrons. The van der Waals surface area contributed by atoms with Crippen LogP contribution < -0.4 is 0 Å². The molecule has 1 aliphatic rings. The fourth-order valence-electron chi connectivity index (χ4n) is 1.10. The van der Waals surface area contributed by atoms with Crippen molar-refractivity contribution in [2.75, 3.05) is 18.6 Å². The van der Waals surface area contributed by atoms with E-state index in [0.717, 1.165) is 5.75 Å². The molecular formula is C7H12O3S. The summed E-state index contributed by atoms with van der Waals surface area (Å²) >= 11 is 1.69. The maximum Gasteiger partial charge on any atom is 0.312 e. The molecule has 0 spiro atoms. The van der Waals surface area contributed by atoms with Crippen LogP contribution in [0.4, 0.5) is 0 Å². The first-order valence-electron chi connectivity index (χ1n) is 3.59. The second-order valence-corrected chi connectivity index (χ2v) is 3.71. The Morgan fingerprint density at radius 3 is 3.00 bits per heavy atom. The van der Waals surface area contributed by atoms with Crippen LogP contribution in [0.15, 0.2) is 0 Å². The van der Waals surface area contributed by atoms with Crippen molar-refractivity contribution < 1.29 is 14.6 Å². The number of hydrogen-bond donors (Lipinski definition) is 1. The maximum absolute atomic E-state index is 11.0. The van der Waals surface area contributed by atoms with Crippen molar-refractivity contribution in [3.05, 3.63) is 0 Å². The number of thioether (sulfide) groups is 1. The summed E-state index contributed by atoms with van der Waals surface area (Å²) in [6.07, 6.45) is 0.202. The minimum Gasteiger partial charge on any atom is -0.469 e. The highest BCUT2D eigenvalue weighted by Crippen LogP contribution is 2.23. The molecule has 0 aromatic carbocycles. The highest BCUT2D eigenvalue weighted by molar-refractivity contribution is 7.99. The number of carbonyl (C=O) groups excluding carboxylic acids is 1. The van der Waals surface area contributed by atoms with E-state index < -0.39 is 6.10 Å². The van der Waals surface area contributed by atoms with Crippen molar-refractivity contribution in [3.63, 3.8) is 0 Å². The summed E-state index contributed by atoms with van der Waals surface area (Å²) in [6, 6.07) is 0. The average molecular weight is 176 g/mol. The van der Waals surface area contributed by atoms with E-state index in [-0.39, 0.29) is 11.9 Å². The Hall–Kier alpha value is -0.220. The Morgan fingerprint density at radius 1 is 1.73 bits per heavy atom. The van der Waals surface area contributed by atoms with Gasteiger partial charge in [0.25, 0.3) is 0 Å². The summed E-state index contributed by atoms with van der Waals surface area (Å²) in [5, 5.41) is 9.36. The molecule has 0 saturated carbocycles. The van der Waals surface area contributed by atoms with Crippen molar-refractivity contribution in [1.82, 2.24) is 0 Å². The van der Waals surface area contributed by atoms with Crippen molar-refractivity contribution in [3.8, 4) is 0 Å². The lowest BCUT2D eigenvalue weighted by molar-refractivity contribution is -0.148. The van der Waals surface area contributed by atoms with Gasteiger partial charge in [0.15, 0.2) is 0 Å². The van der Waals surface area contributed by atoms with Gasteiger partial charge in [-0.1, -0.05) is 0 Å². The summed E-state index contributed by atoms with van der Waals surface area (Å²) in [5.41, 5.74) is 0. The van der Waals surface area contributed by atoms with Crippen LogP contribution in [0.2, 0.25) is 0 Å². The molecule has 2 atom stereocenters. The van der Waals surface area contributed by atoms with E-state index in [2.05, 4.69) is 4.74 Å². The van der Waals surface area contributed by atoms with Crippen molar-refractivity contribution in [2.45, 2.75) is 12.5 Å². The molecule has 4 heteroatoms. The number of aliphatic hydroxyl groups excluding tert-OH is 1. The van der Waals surface area contributed by atoms with Crippen LogP contribution in [0, 0.1) is 5.92 Å². The third-order valence-corrected chi connectivity index (χ3v) is 2.94. The van der Waals surface area contributed by atoms with E-state index in [9.17, 15) is 9.90 Å². The number of aliphatic hydroxyl groups is 1. The van der Waals surface area contributed by atoms with Crippen LogP contribution in [0.1, 0.15) is 6.42 Å². The van der Waals surface area contributed by atoms with Gasteiger partial charge in [-0.2, -0.15) is 11.8 Å². The van der Waals surface area contributed by atoms with Crippen LogP contribution in [-0.4, -0.2) is 35.8 Å². The van der Waals surface area contributed by atoms with Gasteiger partial charge >= 0.3 is 5.97 Å². The second kappa shape index (κ2) is 3.97. The molecule has 0 bridgehead atoms. The summed E-state index contributed by atoms with van der Waals surface area (Å²) in [7, 11) is 1.36. The van der Waals surface area contributed by atoms with Gasteiger partial charge in [0.1, 0.15) is 0 Å². The first-order valence-corrected chi connectivity index (χ1v) is 4.75. The zero-order chi connectivity index (χ0) is 8.27. The SMILES string of the molecule is COC(=O)[C@H]1CSCC[C@H]1O. The Kier molecular flexibility index (Phi) is 3.20. The summed E-state index contributed by atoms with van der Waals surface area (Å²) in [6.45, 7) is 0. The molecule has 1 aliphatic heterocycles. The lowest BCUT2D eigenvalue weighted by Crippen LogP contribution is -2.34. The molecule has 0 radical (unpaired) electrons. The molecule has 0 unspecified atom stereocenters. The molecule has 1 fully saturated rings. The Bertz CT molecular complexity index is 149. The second-order valence-electron chi connectivity index (χ2n) is 2.56. The van der Waals surface area contributed by atoms with Crippen LogP contribution in [0.25, 0.3) is 0 Å². The first-order chi connectivity index (χ1) is 5.25. The van der Waals surface area contributed by atoms with E-state index in [1.165, 1.54) is 7.11 Å². The van der Waals surface area contributed by atoms with Crippen molar-refractivity contribution in [1.29, 1.82) is 0 Å². The van der Waals surface area contributed by atoms with Gasteiger partial charge < -0.3 is 9.84 Å². The fourth-order valence-corrected chi connectivity index (χ4v) is 2.29. The first kappa shape index (κ1) is 8.87. The normalized spacial score (nSPS) is 31.5. The zero-order valence-electron chi connectivity index (χ0n) is 6.45. The number of methoxy groups -OCH3 is 1. The summed E-state index contributed by atoms with van der Waals surface area (Å²) in [5.74, 6) is 1.03. The van der Waals surface area contributed by atoms with Gasteiger partial charge in [0, 0.05) is 5.75 Å². The van der Waals surface area contributed by atoms with Gasteiger partial charge in [0.2, 0.25) is 0 Å². The molecule has 0 aliphatic carbocycles. The van der Waals surface area contributed by atoms with Gasteiger partial charge in [-0.15, -0.1) is 0 Å². The fraction of sp³-hybridized carbons (Fsp3) is 0.857. The van der Waals surface area contributed by atoms with Crippen LogP contribution >= 0.6 is 11.8 Å². The lowest BCUT2D eigenvalue weighted by atomic mass is 10.0. The standard InChI is InChI=1S/C7H12O3S/c1-10-7(9)5-4-11-3-2-6(5)8/h5-6,8H,2-4H2,1H3/t5-,6+/m0/s1. The molecule has 1 heterocycles. The molecular weight excluding hydrogens is 164 g/mol. The van der Waals surface area contributed by atoms with E-state index in [1.54, 1.807) is 11.8 Å². The predicted octanol–water partition coefficient (Wildman–Crippen LogP) is 0.273. The quantitative estimate of drug-likeness (QED) is 0.583. The molecule has 1 rings (SSSR count). The molecule has 0 aromatic heterocycles. The summed E-state index contributed by atoms with van der Waals surface area (Å²) < 4.78 is 4.55. The van der Waals surface area contributed by atoms with Gasteiger partial charge in [0.05, 0.1) is 19.1 Å². The lowest BCUT2D eigenvalue weighted by Gasteiger charge is -2.24. The largest absolute Gasteiger partial charge is 0.469 e. The molecule has 1 saturated heterocycles. The third kappa shape index (κ3) is 2.10. The minimum atomic E-state index is -0.497. The molecule has 1 N–H and O–H groups in total. The summed E-state index contributed by atoms with van der Waals surface area (Å²) in [4.78, 5) is 11.0. The highest BCUT2D eigenvalue weighted by atomic mass is 32.2. The van der Waals surface area contributed by atoms with Gasteiger partial charge in [-0.3, -0.25) is 4.79 Å². The Morgan fingerprint density at radius 2 is 2.45 bits per heavy atom.